The van der Waals surface area contributed by atoms with E-state index in [0.29, 0.717) is 0 Å². The highest BCUT2D eigenvalue weighted by Gasteiger charge is 2.24. The van der Waals surface area contributed by atoms with Crippen molar-refractivity contribution in [3.63, 3.8) is 0 Å². The number of aromatic nitrogens is 4. The second-order valence-corrected chi connectivity index (χ2v) is 5.23. The second kappa shape index (κ2) is 3.93. The summed E-state index contributed by atoms with van der Waals surface area (Å²) in [5, 5.41) is 4.37. The zero-order valence-electron chi connectivity index (χ0n) is 10.5. The van der Waals surface area contributed by atoms with Crippen molar-refractivity contribution >= 4 is 11.6 Å². The van der Waals surface area contributed by atoms with Crippen LogP contribution in [0.3, 0.4) is 0 Å². The van der Waals surface area contributed by atoms with Crippen LogP contribution < -0.4 is 4.90 Å². The summed E-state index contributed by atoms with van der Waals surface area (Å²) in [5.41, 5.74) is 2.67. The van der Waals surface area contributed by atoms with E-state index in [-0.39, 0.29) is 0 Å². The molecule has 0 atom stereocenters. The molecule has 1 aliphatic heterocycles. The lowest BCUT2D eigenvalue weighted by Gasteiger charge is -2.25. The van der Waals surface area contributed by atoms with Crippen LogP contribution in [0.25, 0.3) is 5.78 Å². The summed E-state index contributed by atoms with van der Waals surface area (Å²) >= 11 is 0. The largest absolute Gasteiger partial charge is 0.356 e. The van der Waals surface area contributed by atoms with Gasteiger partial charge in [-0.05, 0) is 38.5 Å². The van der Waals surface area contributed by atoms with Gasteiger partial charge in [0.2, 0.25) is 0 Å². The highest BCUT2D eigenvalue weighted by atomic mass is 15.4. The minimum atomic E-state index is 0.762. The molecule has 18 heavy (non-hydrogen) atoms. The summed E-state index contributed by atoms with van der Waals surface area (Å²) in [6, 6.07) is 0. The standard InChI is InChI=1S/C13H17N5/c1-2-6-11-10(5-1)12(17-7-3-4-8-17)18-13(16-11)14-9-15-18/h9H,1-8H2. The number of hydrogen-bond acceptors (Lipinski definition) is 4. The molecule has 0 N–H and O–H groups in total. The molecule has 5 nitrogen and oxygen atoms in total. The summed E-state index contributed by atoms with van der Waals surface area (Å²) in [4.78, 5) is 11.4. The first-order valence-corrected chi connectivity index (χ1v) is 6.90. The minimum absolute atomic E-state index is 0.762. The van der Waals surface area contributed by atoms with Crippen LogP contribution in [0, 0.1) is 0 Å². The van der Waals surface area contributed by atoms with Crippen molar-refractivity contribution in [2.45, 2.75) is 38.5 Å². The number of aryl methyl sites for hydroxylation is 1. The van der Waals surface area contributed by atoms with Gasteiger partial charge in [0.05, 0.1) is 5.69 Å². The van der Waals surface area contributed by atoms with Crippen molar-refractivity contribution in [1.82, 2.24) is 19.6 Å². The Labute approximate surface area is 106 Å². The summed E-state index contributed by atoms with van der Waals surface area (Å²) in [7, 11) is 0. The van der Waals surface area contributed by atoms with E-state index in [1.165, 1.54) is 42.8 Å². The first-order chi connectivity index (χ1) is 8.93. The summed E-state index contributed by atoms with van der Waals surface area (Å²) in [5.74, 6) is 2.03. The molecule has 2 aromatic rings. The zero-order valence-corrected chi connectivity index (χ0v) is 10.5. The fourth-order valence-electron chi connectivity index (χ4n) is 3.22. The average molecular weight is 243 g/mol. The molecule has 0 aromatic carbocycles. The van der Waals surface area contributed by atoms with E-state index in [9.17, 15) is 0 Å². The number of nitrogens with zero attached hydrogens (tertiary/aromatic N) is 5. The smallest absolute Gasteiger partial charge is 0.254 e. The molecule has 3 heterocycles. The van der Waals surface area contributed by atoms with Crippen LogP contribution in [0.1, 0.15) is 36.9 Å². The van der Waals surface area contributed by atoms with Gasteiger partial charge in [-0.15, -0.1) is 0 Å². The Bertz CT molecular complexity index is 582. The zero-order chi connectivity index (χ0) is 11.9. The van der Waals surface area contributed by atoms with E-state index in [2.05, 4.69) is 20.0 Å². The quantitative estimate of drug-likeness (QED) is 0.763. The van der Waals surface area contributed by atoms with Crippen molar-refractivity contribution < 1.29 is 0 Å². The molecule has 2 aliphatic rings. The van der Waals surface area contributed by atoms with Gasteiger partial charge in [-0.2, -0.15) is 14.6 Å². The van der Waals surface area contributed by atoms with E-state index in [1.54, 1.807) is 6.33 Å². The Balaban J connectivity index is 1.97. The van der Waals surface area contributed by atoms with Gasteiger partial charge in [0.1, 0.15) is 12.1 Å². The maximum Gasteiger partial charge on any atom is 0.254 e. The van der Waals surface area contributed by atoms with Gasteiger partial charge in [-0.3, -0.25) is 0 Å². The van der Waals surface area contributed by atoms with Crippen LogP contribution in [0.4, 0.5) is 5.82 Å². The average Bonchev–Trinajstić information content (AvgIpc) is 3.06. The summed E-state index contributed by atoms with van der Waals surface area (Å²) < 4.78 is 1.94. The van der Waals surface area contributed by atoms with E-state index in [0.717, 1.165) is 31.7 Å². The van der Waals surface area contributed by atoms with Gasteiger partial charge < -0.3 is 4.90 Å². The lowest BCUT2D eigenvalue weighted by atomic mass is 9.96. The molecule has 0 unspecified atom stereocenters. The van der Waals surface area contributed by atoms with Gasteiger partial charge in [0, 0.05) is 18.7 Å². The Morgan fingerprint density at radius 1 is 1.00 bits per heavy atom. The highest BCUT2D eigenvalue weighted by Crippen LogP contribution is 2.31. The molecule has 0 bridgehead atoms. The van der Waals surface area contributed by atoms with Gasteiger partial charge in [0.25, 0.3) is 5.78 Å². The van der Waals surface area contributed by atoms with E-state index in [4.69, 9.17) is 0 Å². The predicted octanol–water partition coefficient (Wildman–Crippen LogP) is 1.60. The highest BCUT2D eigenvalue weighted by molar-refractivity contribution is 5.56. The third-order valence-corrected chi connectivity index (χ3v) is 4.08. The third kappa shape index (κ3) is 1.43. The molecule has 4 rings (SSSR count). The first-order valence-electron chi connectivity index (χ1n) is 6.90. The van der Waals surface area contributed by atoms with Gasteiger partial charge in [-0.1, -0.05) is 0 Å². The number of rotatable bonds is 1. The van der Waals surface area contributed by atoms with Crippen molar-refractivity contribution in [3.05, 3.63) is 17.6 Å². The number of fused-ring (bicyclic) bond motifs is 2. The molecule has 1 saturated heterocycles. The van der Waals surface area contributed by atoms with E-state index in [1.807, 2.05) is 4.52 Å². The van der Waals surface area contributed by atoms with E-state index < -0.39 is 0 Å². The summed E-state index contributed by atoms with van der Waals surface area (Å²) in [6.45, 7) is 2.29. The third-order valence-electron chi connectivity index (χ3n) is 4.08. The van der Waals surface area contributed by atoms with Crippen LogP contribution in [-0.4, -0.2) is 32.7 Å². The lowest BCUT2D eigenvalue weighted by molar-refractivity contribution is 0.654. The SMILES string of the molecule is c1nc2nc3c(c(N4CCCC4)n2n1)CCCC3. The molecule has 94 valence electrons. The molecular weight excluding hydrogens is 226 g/mol. The van der Waals surface area contributed by atoms with Crippen LogP contribution in [-0.2, 0) is 12.8 Å². The molecule has 1 fully saturated rings. The van der Waals surface area contributed by atoms with Crippen LogP contribution in [0.5, 0.6) is 0 Å². The van der Waals surface area contributed by atoms with E-state index >= 15 is 0 Å². The molecule has 0 radical (unpaired) electrons. The Kier molecular flexibility index (Phi) is 2.25. The Hall–Kier alpha value is -1.65. The first kappa shape index (κ1) is 10.3. The molecular formula is C13H17N5. The Morgan fingerprint density at radius 3 is 2.72 bits per heavy atom. The fourth-order valence-corrected chi connectivity index (χ4v) is 3.22. The van der Waals surface area contributed by atoms with Crippen LogP contribution in [0.2, 0.25) is 0 Å². The molecule has 0 amide bonds. The molecule has 2 aromatic heterocycles. The Morgan fingerprint density at radius 2 is 1.83 bits per heavy atom. The maximum absolute atomic E-state index is 4.67. The lowest BCUT2D eigenvalue weighted by Crippen LogP contribution is -2.25. The van der Waals surface area contributed by atoms with Gasteiger partial charge in [0.15, 0.2) is 0 Å². The van der Waals surface area contributed by atoms with Crippen molar-refractivity contribution in [2.24, 2.45) is 0 Å². The molecule has 0 spiro atoms. The maximum atomic E-state index is 4.67. The van der Waals surface area contributed by atoms with Crippen molar-refractivity contribution in [2.75, 3.05) is 18.0 Å². The molecule has 0 saturated carbocycles. The summed E-state index contributed by atoms with van der Waals surface area (Å²) in [6.07, 6.45) is 8.96. The fraction of sp³-hybridized carbons (Fsp3) is 0.615. The minimum Gasteiger partial charge on any atom is -0.356 e. The molecule has 5 heteroatoms. The topological polar surface area (TPSA) is 46.3 Å². The van der Waals surface area contributed by atoms with Gasteiger partial charge in [-0.25, -0.2) is 4.98 Å². The van der Waals surface area contributed by atoms with Crippen molar-refractivity contribution in [3.8, 4) is 0 Å². The number of anilines is 1. The van der Waals surface area contributed by atoms with Crippen LogP contribution in [0.15, 0.2) is 6.33 Å². The second-order valence-electron chi connectivity index (χ2n) is 5.23. The predicted molar refractivity (Wildman–Crippen MR) is 68.9 cm³/mol. The van der Waals surface area contributed by atoms with Crippen molar-refractivity contribution in [1.29, 1.82) is 0 Å². The van der Waals surface area contributed by atoms with Crippen LogP contribution >= 0.6 is 0 Å². The molecule has 1 aliphatic carbocycles. The monoisotopic (exact) mass is 243 g/mol. The van der Waals surface area contributed by atoms with Gasteiger partial charge >= 0.3 is 0 Å². The normalized spacial score (nSPS) is 19.4. The number of hydrogen-bond donors (Lipinski definition) is 0.